The van der Waals surface area contributed by atoms with Crippen molar-refractivity contribution < 1.29 is 23.8 Å². The predicted octanol–water partition coefficient (Wildman–Crippen LogP) is -1.13. The van der Waals surface area contributed by atoms with Crippen molar-refractivity contribution in [1.29, 1.82) is 0 Å². The van der Waals surface area contributed by atoms with Gasteiger partial charge in [0.05, 0.1) is 12.8 Å². The second kappa shape index (κ2) is 7.02. The van der Waals surface area contributed by atoms with Crippen LogP contribution in [-0.2, 0) is 20.0 Å². The first-order chi connectivity index (χ1) is 11.6. The lowest BCUT2D eigenvalue weighted by Gasteiger charge is -2.29. The summed E-state index contributed by atoms with van der Waals surface area (Å²) in [6.07, 6.45) is 0.782. The molecule has 1 aliphatic heterocycles. The summed E-state index contributed by atoms with van der Waals surface area (Å²) < 4.78 is 25.8. The van der Waals surface area contributed by atoms with E-state index in [4.69, 9.17) is 20.9 Å². The van der Waals surface area contributed by atoms with Gasteiger partial charge in [0.15, 0.2) is 12.3 Å². The van der Waals surface area contributed by atoms with Gasteiger partial charge in [-0.05, 0) is 5.92 Å². The highest BCUT2D eigenvalue weighted by Gasteiger charge is 2.53. The highest BCUT2D eigenvalue weighted by molar-refractivity contribution is 5.75. The minimum Gasteiger partial charge on any atom is -0.458 e. The molecule has 0 bridgehead atoms. The Labute approximate surface area is 142 Å². The van der Waals surface area contributed by atoms with Gasteiger partial charge in [-0.25, -0.2) is 9.18 Å². The Morgan fingerprint density at radius 1 is 1.56 bits per heavy atom. The molecule has 3 atom stereocenters. The molecule has 5 N–H and O–H groups in total. The number of aromatic nitrogens is 3. The molecule has 2 heterocycles. The molecule has 1 aliphatic rings. The van der Waals surface area contributed by atoms with Gasteiger partial charge in [-0.3, -0.25) is 4.79 Å². The number of aliphatic hydroxyl groups is 1. The second-order valence-corrected chi connectivity index (χ2v) is 6.34. The molecular weight excluding hydrogens is 337 g/mol. The molecule has 0 spiro atoms. The van der Waals surface area contributed by atoms with Crippen LogP contribution in [-0.4, -0.2) is 51.0 Å². The molecule has 1 fully saturated rings. The Bertz CT molecular complexity index is 698. The molecule has 0 aliphatic carbocycles. The highest BCUT2D eigenvalue weighted by Crippen LogP contribution is 2.41. The van der Waals surface area contributed by atoms with Gasteiger partial charge in [0.2, 0.25) is 5.85 Å². The van der Waals surface area contributed by atoms with E-state index < -0.39 is 42.5 Å². The zero-order valence-corrected chi connectivity index (χ0v) is 14.0. The van der Waals surface area contributed by atoms with Crippen molar-refractivity contribution in [2.24, 2.45) is 11.7 Å². The lowest BCUT2D eigenvalue weighted by atomic mass is 10.1. The summed E-state index contributed by atoms with van der Waals surface area (Å²) in [5.74, 6) is -3.44. The van der Waals surface area contributed by atoms with Crippen molar-refractivity contribution in [3.8, 4) is 0 Å². The third-order valence-corrected chi connectivity index (χ3v) is 4.03. The summed E-state index contributed by atoms with van der Waals surface area (Å²) in [7, 11) is 0. The van der Waals surface area contributed by atoms with Gasteiger partial charge in [-0.1, -0.05) is 13.8 Å². The minimum atomic E-state index is -2.39. The van der Waals surface area contributed by atoms with Crippen LogP contribution in [0.2, 0.25) is 0 Å². The summed E-state index contributed by atoms with van der Waals surface area (Å²) >= 11 is 0. The lowest BCUT2D eigenvalue weighted by Crippen LogP contribution is -2.48. The number of nitrogens with zero attached hydrogens (tertiary/aromatic N) is 3. The molecule has 0 saturated carbocycles. The number of hydrogen-bond acceptors (Lipinski definition) is 9. The Balaban J connectivity index is 2.14. The molecule has 1 saturated heterocycles. The first-order valence-electron chi connectivity index (χ1n) is 7.77. The number of ether oxygens (including phenoxy) is 2. The van der Waals surface area contributed by atoms with Crippen LogP contribution in [0, 0.1) is 5.92 Å². The van der Waals surface area contributed by atoms with Crippen LogP contribution < -0.4 is 17.2 Å². The molecule has 0 unspecified atom stereocenters. The molecule has 1 aromatic heterocycles. The number of halogens is 1. The maximum absolute atomic E-state index is 14.9. The number of esters is 1. The van der Waals surface area contributed by atoms with E-state index in [9.17, 15) is 19.1 Å². The zero-order chi connectivity index (χ0) is 18.8. The summed E-state index contributed by atoms with van der Waals surface area (Å²) in [6.45, 7) is 2.01. The monoisotopic (exact) mass is 359 g/mol. The van der Waals surface area contributed by atoms with Crippen molar-refractivity contribution in [2.45, 2.75) is 44.3 Å². The predicted molar refractivity (Wildman–Crippen MR) is 83.7 cm³/mol. The summed E-state index contributed by atoms with van der Waals surface area (Å²) in [5, 5.41) is 13.4. The molecule has 0 aromatic carbocycles. The van der Waals surface area contributed by atoms with E-state index in [2.05, 4.69) is 10.1 Å². The van der Waals surface area contributed by atoms with Gasteiger partial charge in [-0.2, -0.15) is 14.8 Å². The number of carbonyl (C=O) groups is 1. The van der Waals surface area contributed by atoms with Crippen LogP contribution in [0.1, 0.15) is 26.7 Å². The van der Waals surface area contributed by atoms with Crippen LogP contribution in [0.15, 0.2) is 11.0 Å². The molecule has 140 valence electrons. The quantitative estimate of drug-likeness (QED) is 0.535. The van der Waals surface area contributed by atoms with E-state index in [1.54, 1.807) is 13.8 Å². The topological polar surface area (TPSA) is 156 Å². The Kier molecular flexibility index (Phi) is 5.40. The van der Waals surface area contributed by atoms with Crippen molar-refractivity contribution >= 4 is 11.8 Å². The molecule has 2 rings (SSSR count). The number of hydrogen-bond donors (Lipinski definition) is 3. The Hall–Kier alpha value is -2.11. The van der Waals surface area contributed by atoms with Crippen molar-refractivity contribution in [1.82, 2.24) is 14.8 Å². The summed E-state index contributed by atoms with van der Waals surface area (Å²) in [5.41, 5.74) is 8.36. The number of nitrogen functional groups attached to an aromatic ring is 1. The molecule has 1 aromatic rings. The average molecular weight is 359 g/mol. The van der Waals surface area contributed by atoms with E-state index in [0.29, 0.717) is 0 Å². The van der Waals surface area contributed by atoms with Crippen molar-refractivity contribution in [3.05, 3.63) is 16.7 Å². The largest absolute Gasteiger partial charge is 0.458 e. The number of aliphatic hydroxyl groups excluding tert-OH is 1. The molecule has 0 radical (unpaired) electrons. The first kappa shape index (κ1) is 19.2. The van der Waals surface area contributed by atoms with Crippen LogP contribution in [0.25, 0.3) is 0 Å². The van der Waals surface area contributed by atoms with Crippen LogP contribution >= 0.6 is 0 Å². The van der Waals surface area contributed by atoms with Crippen molar-refractivity contribution in [3.63, 3.8) is 0 Å². The van der Waals surface area contributed by atoms with Crippen LogP contribution in [0.5, 0.6) is 0 Å². The smallest absolute Gasteiger partial charge is 0.368 e. The molecule has 11 heteroatoms. The number of alkyl halides is 1. The third kappa shape index (κ3) is 3.94. The van der Waals surface area contributed by atoms with E-state index in [1.165, 1.54) is 0 Å². The lowest BCUT2D eigenvalue weighted by molar-refractivity contribution is -0.244. The van der Waals surface area contributed by atoms with Gasteiger partial charge in [0.1, 0.15) is 11.9 Å². The maximum Gasteiger partial charge on any atom is 0.368 e. The normalized spacial score (nSPS) is 27.4. The highest BCUT2D eigenvalue weighted by atomic mass is 19.2. The van der Waals surface area contributed by atoms with Gasteiger partial charge >= 0.3 is 11.7 Å². The molecule has 10 nitrogen and oxygen atoms in total. The fourth-order valence-corrected chi connectivity index (χ4v) is 2.43. The minimum absolute atomic E-state index is 0.0771. The van der Waals surface area contributed by atoms with E-state index in [1.807, 2.05) is 0 Å². The fourth-order valence-electron chi connectivity index (χ4n) is 2.43. The van der Waals surface area contributed by atoms with Gasteiger partial charge in [0.25, 0.3) is 0 Å². The van der Waals surface area contributed by atoms with E-state index in [-0.39, 0.29) is 24.6 Å². The standard InChI is InChI=1S/C14H22FN5O5/c1-8(2)10(17)11(22)24-7-13(15)3-4-14(6-21,25-13)20-12(23)19-9(16)5-18-20/h5,8,10,21H,3-4,6-7,17H2,1-2H3,(H2,16,19,23)/t10-,13-,14-/m0/s1. The molecule has 0 amide bonds. The number of rotatable bonds is 6. The number of anilines is 1. The number of carbonyl (C=O) groups excluding carboxylic acids is 1. The Morgan fingerprint density at radius 3 is 2.80 bits per heavy atom. The Morgan fingerprint density at radius 2 is 2.24 bits per heavy atom. The fraction of sp³-hybridized carbons (Fsp3) is 0.714. The summed E-state index contributed by atoms with van der Waals surface area (Å²) in [6, 6.07) is -0.891. The van der Waals surface area contributed by atoms with E-state index >= 15 is 0 Å². The average Bonchev–Trinajstić information content (AvgIpc) is 2.90. The molecule has 25 heavy (non-hydrogen) atoms. The van der Waals surface area contributed by atoms with Gasteiger partial charge < -0.3 is 26.0 Å². The zero-order valence-electron chi connectivity index (χ0n) is 14.0. The SMILES string of the molecule is CC(C)[C@H](N)C(=O)OC[C@]1(F)CC[C@](CO)(n2ncc(N)nc2=O)O1. The summed E-state index contributed by atoms with van der Waals surface area (Å²) in [4.78, 5) is 27.2. The maximum atomic E-state index is 14.9. The van der Waals surface area contributed by atoms with E-state index in [0.717, 1.165) is 10.9 Å². The molecular formula is C14H22FN5O5. The van der Waals surface area contributed by atoms with Gasteiger partial charge in [-0.15, -0.1) is 0 Å². The third-order valence-electron chi connectivity index (χ3n) is 4.03. The van der Waals surface area contributed by atoms with Crippen LogP contribution in [0.3, 0.4) is 0 Å². The number of nitrogens with two attached hydrogens (primary N) is 2. The van der Waals surface area contributed by atoms with Crippen molar-refractivity contribution in [2.75, 3.05) is 18.9 Å². The van der Waals surface area contributed by atoms with Crippen LogP contribution in [0.4, 0.5) is 10.2 Å². The van der Waals surface area contributed by atoms with Gasteiger partial charge in [0, 0.05) is 12.8 Å². The second-order valence-electron chi connectivity index (χ2n) is 6.34. The first-order valence-corrected chi connectivity index (χ1v) is 7.77.